The minimum Gasteiger partial charge on any atom is -0.381 e. The molecule has 0 aliphatic carbocycles. The fourth-order valence-electron chi connectivity index (χ4n) is 3.04. The van der Waals surface area contributed by atoms with Gasteiger partial charge in [-0.2, -0.15) is 0 Å². The minimum atomic E-state index is 0.767. The van der Waals surface area contributed by atoms with E-state index in [1.54, 1.807) is 0 Å². The summed E-state index contributed by atoms with van der Waals surface area (Å²) in [4.78, 5) is 0. The minimum absolute atomic E-state index is 0.767. The van der Waals surface area contributed by atoms with E-state index in [9.17, 15) is 0 Å². The van der Waals surface area contributed by atoms with Crippen molar-refractivity contribution in [3.05, 3.63) is 36.0 Å². The molecule has 3 heteroatoms. The Labute approximate surface area is 120 Å². The van der Waals surface area contributed by atoms with E-state index < -0.39 is 0 Å². The van der Waals surface area contributed by atoms with Gasteiger partial charge in [0, 0.05) is 31.5 Å². The highest BCUT2D eigenvalue weighted by Crippen LogP contribution is 2.22. The lowest BCUT2D eigenvalue weighted by Crippen LogP contribution is -2.20. The number of benzene rings is 1. The molecule has 1 aromatic carbocycles. The Bertz CT molecular complexity index is 555. The maximum absolute atomic E-state index is 5.44. The molecule has 0 unspecified atom stereocenters. The van der Waals surface area contributed by atoms with Gasteiger partial charge in [-0.25, -0.2) is 0 Å². The molecule has 1 fully saturated rings. The number of aromatic nitrogens is 1. The molecule has 3 rings (SSSR count). The van der Waals surface area contributed by atoms with E-state index in [1.165, 1.54) is 29.3 Å². The maximum atomic E-state index is 5.44. The van der Waals surface area contributed by atoms with E-state index in [4.69, 9.17) is 4.74 Å². The average Bonchev–Trinajstić information content (AvgIpc) is 2.89. The number of fused-ring (bicyclic) bond motifs is 1. The number of hydrogen-bond donors (Lipinski definition) is 1. The molecule has 3 nitrogen and oxygen atoms in total. The summed E-state index contributed by atoms with van der Waals surface area (Å²) in [6.45, 7) is 4.02. The van der Waals surface area contributed by atoms with Gasteiger partial charge in [-0.3, -0.25) is 0 Å². The van der Waals surface area contributed by atoms with Crippen molar-refractivity contribution in [1.82, 2.24) is 9.88 Å². The van der Waals surface area contributed by atoms with Crippen LogP contribution in [0.5, 0.6) is 0 Å². The molecule has 1 aromatic heterocycles. The molecular formula is C17H24N2O. The van der Waals surface area contributed by atoms with Crippen molar-refractivity contribution in [3.8, 4) is 0 Å². The van der Waals surface area contributed by atoms with Crippen LogP contribution >= 0.6 is 0 Å². The van der Waals surface area contributed by atoms with Crippen LogP contribution in [0.4, 0.5) is 0 Å². The van der Waals surface area contributed by atoms with Crippen LogP contribution in [-0.4, -0.2) is 31.4 Å². The number of nitrogens with one attached hydrogen (secondary N) is 1. The Hall–Kier alpha value is -1.32. The summed E-state index contributed by atoms with van der Waals surface area (Å²) in [7, 11) is 2.00. The molecule has 1 saturated heterocycles. The summed E-state index contributed by atoms with van der Waals surface area (Å²) in [6.07, 6.45) is 5.72. The summed E-state index contributed by atoms with van der Waals surface area (Å²) < 4.78 is 7.85. The van der Waals surface area contributed by atoms with Gasteiger partial charge in [0.2, 0.25) is 0 Å². The van der Waals surface area contributed by atoms with Crippen LogP contribution in [0.15, 0.2) is 30.5 Å². The van der Waals surface area contributed by atoms with Crippen molar-refractivity contribution in [3.63, 3.8) is 0 Å². The fraction of sp³-hybridized carbons (Fsp3) is 0.529. The third-order valence-electron chi connectivity index (χ3n) is 4.29. The van der Waals surface area contributed by atoms with Gasteiger partial charge in [0.25, 0.3) is 0 Å². The molecule has 108 valence electrons. The zero-order chi connectivity index (χ0) is 13.8. The van der Waals surface area contributed by atoms with E-state index in [2.05, 4.69) is 40.3 Å². The topological polar surface area (TPSA) is 26.2 Å². The van der Waals surface area contributed by atoms with Crippen LogP contribution < -0.4 is 5.32 Å². The van der Waals surface area contributed by atoms with Crippen molar-refractivity contribution in [2.75, 3.05) is 26.8 Å². The molecule has 2 aromatic rings. The zero-order valence-electron chi connectivity index (χ0n) is 12.3. The van der Waals surface area contributed by atoms with E-state index >= 15 is 0 Å². The monoisotopic (exact) mass is 272 g/mol. The van der Waals surface area contributed by atoms with Crippen molar-refractivity contribution in [2.24, 2.45) is 5.92 Å². The van der Waals surface area contributed by atoms with Gasteiger partial charge < -0.3 is 14.6 Å². The second-order valence-electron chi connectivity index (χ2n) is 5.77. The second kappa shape index (κ2) is 6.42. The first-order valence-corrected chi connectivity index (χ1v) is 7.67. The lowest BCUT2D eigenvalue weighted by Gasteiger charge is -2.22. The van der Waals surface area contributed by atoms with Crippen LogP contribution in [0.1, 0.15) is 18.4 Å². The predicted octanol–water partition coefficient (Wildman–Crippen LogP) is 2.83. The molecule has 1 aliphatic rings. The number of rotatable bonds is 5. The normalized spacial score (nSPS) is 16.9. The van der Waals surface area contributed by atoms with Crippen LogP contribution in [0.25, 0.3) is 10.9 Å². The van der Waals surface area contributed by atoms with E-state index in [0.717, 1.165) is 38.6 Å². The van der Waals surface area contributed by atoms with E-state index in [-0.39, 0.29) is 0 Å². The second-order valence-corrected chi connectivity index (χ2v) is 5.77. The molecule has 0 amide bonds. The Morgan fingerprint density at radius 3 is 2.90 bits per heavy atom. The Morgan fingerprint density at radius 2 is 2.10 bits per heavy atom. The van der Waals surface area contributed by atoms with Gasteiger partial charge in [-0.1, -0.05) is 6.07 Å². The highest BCUT2D eigenvalue weighted by molar-refractivity contribution is 5.80. The molecule has 1 aliphatic heterocycles. The molecule has 0 spiro atoms. The number of likely N-dealkylation sites (N-methyl/N-ethyl adjacent to an activating group) is 1. The van der Waals surface area contributed by atoms with Crippen molar-refractivity contribution in [1.29, 1.82) is 0 Å². The predicted molar refractivity (Wildman–Crippen MR) is 83.1 cm³/mol. The quantitative estimate of drug-likeness (QED) is 0.906. The smallest absolute Gasteiger partial charge is 0.0480 e. The molecule has 0 saturated carbocycles. The zero-order valence-corrected chi connectivity index (χ0v) is 12.3. The number of ether oxygens (including phenoxy) is 1. The van der Waals surface area contributed by atoms with Crippen LogP contribution in [0.3, 0.4) is 0 Å². The van der Waals surface area contributed by atoms with Gasteiger partial charge in [-0.15, -0.1) is 0 Å². The number of nitrogens with zero attached hydrogens (tertiary/aromatic N) is 1. The molecule has 0 atom stereocenters. The van der Waals surface area contributed by atoms with E-state index in [1.807, 2.05) is 7.05 Å². The largest absolute Gasteiger partial charge is 0.381 e. The molecule has 1 N–H and O–H groups in total. The summed E-state index contributed by atoms with van der Waals surface area (Å²) in [5.74, 6) is 0.767. The lowest BCUT2D eigenvalue weighted by atomic mass is 10.0. The van der Waals surface area contributed by atoms with Crippen LogP contribution in [0, 0.1) is 5.92 Å². The number of hydrogen-bond acceptors (Lipinski definition) is 2. The van der Waals surface area contributed by atoms with Crippen molar-refractivity contribution < 1.29 is 4.74 Å². The first-order valence-electron chi connectivity index (χ1n) is 7.67. The third kappa shape index (κ3) is 3.05. The summed E-state index contributed by atoms with van der Waals surface area (Å²) >= 11 is 0. The molecule has 20 heavy (non-hydrogen) atoms. The maximum Gasteiger partial charge on any atom is 0.0480 e. The first-order chi connectivity index (χ1) is 9.86. The van der Waals surface area contributed by atoms with Crippen molar-refractivity contribution >= 4 is 10.9 Å². The Kier molecular flexibility index (Phi) is 4.38. The highest BCUT2D eigenvalue weighted by atomic mass is 16.5. The van der Waals surface area contributed by atoms with Crippen LogP contribution in [0.2, 0.25) is 0 Å². The van der Waals surface area contributed by atoms with Gasteiger partial charge in [0.05, 0.1) is 0 Å². The molecule has 2 heterocycles. The average molecular weight is 272 g/mol. The Balaban J connectivity index is 1.75. The van der Waals surface area contributed by atoms with Crippen LogP contribution in [-0.2, 0) is 17.7 Å². The van der Waals surface area contributed by atoms with E-state index in [0.29, 0.717) is 0 Å². The highest BCUT2D eigenvalue weighted by Gasteiger charge is 2.15. The fourth-order valence-corrected chi connectivity index (χ4v) is 3.04. The van der Waals surface area contributed by atoms with Gasteiger partial charge in [0.15, 0.2) is 0 Å². The summed E-state index contributed by atoms with van der Waals surface area (Å²) in [5.41, 5.74) is 2.78. The third-order valence-corrected chi connectivity index (χ3v) is 4.29. The van der Waals surface area contributed by atoms with Gasteiger partial charge >= 0.3 is 0 Å². The molecule has 0 bridgehead atoms. The van der Waals surface area contributed by atoms with Crippen molar-refractivity contribution in [2.45, 2.75) is 25.8 Å². The molecular weight excluding hydrogens is 248 g/mol. The Morgan fingerprint density at radius 1 is 1.25 bits per heavy atom. The summed E-state index contributed by atoms with van der Waals surface area (Å²) in [5, 5.41) is 4.57. The first kappa shape index (κ1) is 13.7. The molecule has 0 radical (unpaired) electrons. The summed E-state index contributed by atoms with van der Waals surface area (Å²) in [6, 6.07) is 9.12. The SMILES string of the molecule is CNCCc1ccc2c(ccn2CC2CCOCC2)c1. The van der Waals surface area contributed by atoms with Gasteiger partial charge in [0.1, 0.15) is 0 Å². The van der Waals surface area contributed by atoms with Gasteiger partial charge in [-0.05, 0) is 67.9 Å². The standard InChI is InChI=1S/C17H24N2O/c1-18-8-4-14-2-3-17-16(12-14)5-9-19(17)13-15-6-10-20-11-7-15/h2-3,5,9,12,15,18H,4,6-8,10-11,13H2,1H3. The lowest BCUT2D eigenvalue weighted by molar-refractivity contribution is 0.0616.